The van der Waals surface area contributed by atoms with E-state index in [0.29, 0.717) is 29.3 Å². The summed E-state index contributed by atoms with van der Waals surface area (Å²) in [7, 11) is 0. The van der Waals surface area contributed by atoms with Crippen LogP contribution in [0.4, 0.5) is 0 Å². The average molecular weight is 501 g/mol. The van der Waals surface area contributed by atoms with E-state index in [1.165, 1.54) is 97.6 Å². The van der Waals surface area contributed by atoms with Crippen LogP contribution < -0.4 is 0 Å². The van der Waals surface area contributed by atoms with E-state index >= 15 is 0 Å². The molecule has 2 aromatic carbocycles. The average Bonchev–Trinajstić information content (AvgIpc) is 3.21. The van der Waals surface area contributed by atoms with Gasteiger partial charge in [0.15, 0.2) is 0 Å². The molecule has 2 saturated carbocycles. The summed E-state index contributed by atoms with van der Waals surface area (Å²) in [5.41, 5.74) is 7.77. The fraction of sp³-hybridized carbons (Fsp3) is 0.657. The van der Waals surface area contributed by atoms with Gasteiger partial charge in [0.2, 0.25) is 0 Å². The standard InChI is InChI=1S/C35H48O2/c1-6-32-34(4,5)27-18-25(23-15-11-8-12-16-23)31(37)20-29(27)35(32)21-33(2,3)26-17-24(30(36)19-28(26)35)22-13-9-7-10-14-22/h17-20,22-23,32,36-37H,6-16,21H2,1-5H3. The minimum atomic E-state index is -0.169. The monoisotopic (exact) mass is 500 g/mol. The molecule has 0 aliphatic heterocycles. The Bertz CT molecular complexity index is 1180. The first-order chi connectivity index (χ1) is 17.6. The van der Waals surface area contributed by atoms with E-state index in [1.54, 1.807) is 0 Å². The van der Waals surface area contributed by atoms with Crippen molar-refractivity contribution in [2.24, 2.45) is 5.92 Å². The largest absolute Gasteiger partial charge is 0.508 e. The third-order valence-corrected chi connectivity index (χ3v) is 11.4. The van der Waals surface area contributed by atoms with Crippen molar-refractivity contribution in [2.45, 2.75) is 140 Å². The van der Waals surface area contributed by atoms with Gasteiger partial charge in [-0.2, -0.15) is 0 Å². The molecule has 0 bridgehead atoms. The summed E-state index contributed by atoms with van der Waals surface area (Å²) < 4.78 is 0. The fourth-order valence-electron chi connectivity index (χ4n) is 9.81. The van der Waals surface area contributed by atoms with Crippen molar-refractivity contribution in [2.75, 3.05) is 0 Å². The molecule has 4 aliphatic carbocycles. The minimum absolute atomic E-state index is 0.0105. The highest BCUT2D eigenvalue weighted by atomic mass is 16.3. The number of fused-ring (bicyclic) bond motifs is 4. The molecule has 0 aromatic heterocycles. The molecule has 2 heteroatoms. The lowest BCUT2D eigenvalue weighted by Crippen LogP contribution is -2.38. The second-order valence-electron chi connectivity index (χ2n) is 14.3. The molecule has 0 radical (unpaired) electrons. The highest BCUT2D eigenvalue weighted by molar-refractivity contribution is 5.65. The van der Waals surface area contributed by atoms with Gasteiger partial charge in [0.05, 0.1) is 0 Å². The molecular formula is C35H48O2. The Morgan fingerprint density at radius 1 is 0.649 bits per heavy atom. The fourth-order valence-corrected chi connectivity index (χ4v) is 9.81. The first kappa shape index (κ1) is 25.3. The summed E-state index contributed by atoms with van der Waals surface area (Å²) in [6, 6.07) is 9.17. The number of hydrogen-bond acceptors (Lipinski definition) is 2. The number of rotatable bonds is 3. The van der Waals surface area contributed by atoms with E-state index in [0.717, 1.165) is 12.8 Å². The Balaban J connectivity index is 1.55. The van der Waals surface area contributed by atoms with Crippen molar-refractivity contribution < 1.29 is 10.2 Å². The molecule has 200 valence electrons. The number of phenolic OH excluding ortho intramolecular Hbond substituents is 2. The highest BCUT2D eigenvalue weighted by Crippen LogP contribution is 2.67. The number of phenols is 2. The maximum atomic E-state index is 11.5. The topological polar surface area (TPSA) is 40.5 Å². The van der Waals surface area contributed by atoms with Crippen LogP contribution in [-0.2, 0) is 16.2 Å². The van der Waals surface area contributed by atoms with Crippen LogP contribution in [0.25, 0.3) is 0 Å². The molecule has 6 rings (SSSR count). The molecule has 2 atom stereocenters. The van der Waals surface area contributed by atoms with Crippen LogP contribution in [0.3, 0.4) is 0 Å². The van der Waals surface area contributed by atoms with Crippen LogP contribution in [-0.4, -0.2) is 10.2 Å². The summed E-state index contributed by atoms with van der Waals surface area (Å²) in [5, 5.41) is 23.0. The van der Waals surface area contributed by atoms with Gasteiger partial charge in [-0.05, 0) is 106 Å². The molecule has 1 spiro atoms. The zero-order chi connectivity index (χ0) is 26.2. The summed E-state index contributed by atoms with van der Waals surface area (Å²) in [4.78, 5) is 0. The summed E-state index contributed by atoms with van der Waals surface area (Å²) >= 11 is 0. The van der Waals surface area contributed by atoms with Gasteiger partial charge >= 0.3 is 0 Å². The van der Waals surface area contributed by atoms with Crippen LogP contribution in [0.2, 0.25) is 0 Å². The second-order valence-corrected chi connectivity index (χ2v) is 14.3. The van der Waals surface area contributed by atoms with E-state index in [9.17, 15) is 10.2 Å². The van der Waals surface area contributed by atoms with E-state index in [2.05, 4.69) is 58.9 Å². The molecule has 2 N–H and O–H groups in total. The molecule has 4 aliphatic rings. The van der Waals surface area contributed by atoms with Gasteiger partial charge in [-0.25, -0.2) is 0 Å². The van der Waals surface area contributed by atoms with Crippen LogP contribution in [0.5, 0.6) is 11.5 Å². The van der Waals surface area contributed by atoms with Crippen molar-refractivity contribution in [1.82, 2.24) is 0 Å². The van der Waals surface area contributed by atoms with Crippen molar-refractivity contribution in [3.05, 3.63) is 57.6 Å². The van der Waals surface area contributed by atoms with Gasteiger partial charge in [-0.1, -0.05) is 91.7 Å². The lowest BCUT2D eigenvalue weighted by molar-refractivity contribution is 0.214. The maximum absolute atomic E-state index is 11.5. The van der Waals surface area contributed by atoms with Gasteiger partial charge in [0, 0.05) is 5.41 Å². The zero-order valence-electron chi connectivity index (χ0n) is 23.9. The van der Waals surface area contributed by atoms with E-state index in [4.69, 9.17) is 0 Å². The number of benzene rings is 2. The van der Waals surface area contributed by atoms with E-state index < -0.39 is 0 Å². The number of hydrogen-bond donors (Lipinski definition) is 2. The Morgan fingerprint density at radius 2 is 1.11 bits per heavy atom. The Kier molecular flexibility index (Phi) is 6.01. The minimum Gasteiger partial charge on any atom is -0.508 e. The van der Waals surface area contributed by atoms with E-state index in [1.807, 2.05) is 0 Å². The molecule has 0 heterocycles. The maximum Gasteiger partial charge on any atom is 0.119 e. The molecule has 2 aromatic rings. The Morgan fingerprint density at radius 3 is 1.59 bits per heavy atom. The Hall–Kier alpha value is -1.96. The normalized spacial score (nSPS) is 28.9. The molecule has 0 saturated heterocycles. The molecule has 37 heavy (non-hydrogen) atoms. The van der Waals surface area contributed by atoms with Crippen molar-refractivity contribution in [3.8, 4) is 11.5 Å². The second kappa shape index (κ2) is 8.78. The molecule has 2 fully saturated rings. The third-order valence-electron chi connectivity index (χ3n) is 11.4. The summed E-state index contributed by atoms with van der Waals surface area (Å²) in [6.45, 7) is 12.1. The Labute approximate surface area is 224 Å². The predicted molar refractivity (Wildman–Crippen MR) is 153 cm³/mol. The van der Waals surface area contributed by atoms with Crippen molar-refractivity contribution >= 4 is 0 Å². The van der Waals surface area contributed by atoms with Gasteiger partial charge in [-0.3, -0.25) is 0 Å². The molecule has 0 amide bonds. The lowest BCUT2D eigenvalue weighted by atomic mass is 9.63. The van der Waals surface area contributed by atoms with Gasteiger partial charge < -0.3 is 10.2 Å². The van der Waals surface area contributed by atoms with Gasteiger partial charge in [0.1, 0.15) is 11.5 Å². The molecule has 2 nitrogen and oxygen atoms in total. The highest BCUT2D eigenvalue weighted by Gasteiger charge is 2.62. The zero-order valence-corrected chi connectivity index (χ0v) is 23.9. The van der Waals surface area contributed by atoms with Crippen molar-refractivity contribution in [3.63, 3.8) is 0 Å². The predicted octanol–water partition coefficient (Wildman–Crippen LogP) is 9.48. The van der Waals surface area contributed by atoms with Crippen LogP contribution in [0.15, 0.2) is 24.3 Å². The van der Waals surface area contributed by atoms with Crippen molar-refractivity contribution in [1.29, 1.82) is 0 Å². The molecular weight excluding hydrogens is 452 g/mol. The summed E-state index contributed by atoms with van der Waals surface area (Å²) in [6.07, 6.45) is 14.7. The first-order valence-corrected chi connectivity index (χ1v) is 15.4. The smallest absolute Gasteiger partial charge is 0.119 e. The molecule has 2 unspecified atom stereocenters. The van der Waals surface area contributed by atoms with E-state index in [-0.39, 0.29) is 16.2 Å². The lowest BCUT2D eigenvalue weighted by Gasteiger charge is -2.40. The SMILES string of the molecule is CCC1C(C)(C)c2cc(C3CCCCC3)c(O)cc2C12CC(C)(C)c1cc(C3CCCCC3)c(O)cc12. The van der Waals surface area contributed by atoms with Crippen LogP contribution in [0, 0.1) is 5.92 Å². The van der Waals surface area contributed by atoms with Gasteiger partial charge in [0.25, 0.3) is 0 Å². The quantitative estimate of drug-likeness (QED) is 0.440. The number of aromatic hydroxyl groups is 2. The van der Waals surface area contributed by atoms with Gasteiger partial charge in [-0.15, -0.1) is 0 Å². The van der Waals surface area contributed by atoms with Crippen LogP contribution >= 0.6 is 0 Å². The third kappa shape index (κ3) is 3.64. The summed E-state index contributed by atoms with van der Waals surface area (Å²) in [5.74, 6) is 2.42. The van der Waals surface area contributed by atoms with Crippen LogP contribution in [0.1, 0.15) is 157 Å². The first-order valence-electron chi connectivity index (χ1n) is 15.4.